The van der Waals surface area contributed by atoms with Gasteiger partial charge in [-0.25, -0.2) is 4.98 Å². The molecule has 0 saturated heterocycles. The van der Waals surface area contributed by atoms with Crippen molar-refractivity contribution in [3.63, 3.8) is 0 Å². The summed E-state index contributed by atoms with van der Waals surface area (Å²) in [5.41, 5.74) is 6.87. The van der Waals surface area contributed by atoms with E-state index in [-0.39, 0.29) is 5.54 Å². The molecule has 2 aromatic rings. The molecule has 0 aliphatic rings. The molecule has 0 atom stereocenters. The third-order valence-corrected chi connectivity index (χ3v) is 2.13. The van der Waals surface area contributed by atoms with Crippen molar-refractivity contribution in [1.29, 1.82) is 0 Å². The summed E-state index contributed by atoms with van der Waals surface area (Å²) < 4.78 is 2.08. The summed E-state index contributed by atoms with van der Waals surface area (Å²) in [6, 6.07) is 6.05. The van der Waals surface area contributed by atoms with E-state index >= 15 is 0 Å². The average molecular weight is 189 g/mol. The lowest BCUT2D eigenvalue weighted by Crippen LogP contribution is -2.35. The third kappa shape index (κ3) is 1.77. The number of nitrogens with two attached hydrogens (primary N) is 1. The lowest BCUT2D eigenvalue weighted by molar-refractivity contribution is 0.501. The van der Waals surface area contributed by atoms with Crippen LogP contribution in [0, 0.1) is 0 Å². The Labute approximate surface area is 83.6 Å². The SMILES string of the molecule is CC(C)(N)Cc1ncc2ccccn12. The van der Waals surface area contributed by atoms with Gasteiger partial charge in [0.25, 0.3) is 0 Å². The summed E-state index contributed by atoms with van der Waals surface area (Å²) in [5, 5.41) is 0. The second-order valence-electron chi connectivity index (χ2n) is 4.34. The zero-order chi connectivity index (χ0) is 10.2. The minimum absolute atomic E-state index is 0.211. The normalized spacial score (nSPS) is 12.2. The average Bonchev–Trinajstić information content (AvgIpc) is 2.47. The summed E-state index contributed by atoms with van der Waals surface area (Å²) in [6.45, 7) is 4.02. The van der Waals surface area contributed by atoms with Gasteiger partial charge < -0.3 is 10.1 Å². The van der Waals surface area contributed by atoms with Crippen LogP contribution in [0.15, 0.2) is 30.6 Å². The molecule has 74 valence electrons. The first-order valence-corrected chi connectivity index (χ1v) is 4.76. The number of rotatable bonds is 2. The van der Waals surface area contributed by atoms with E-state index in [0.29, 0.717) is 0 Å². The quantitative estimate of drug-likeness (QED) is 0.780. The molecule has 2 heterocycles. The van der Waals surface area contributed by atoms with Gasteiger partial charge in [0.2, 0.25) is 0 Å². The van der Waals surface area contributed by atoms with Crippen LogP contribution < -0.4 is 5.73 Å². The van der Waals surface area contributed by atoms with Crippen molar-refractivity contribution in [3.8, 4) is 0 Å². The Balaban J connectivity index is 2.44. The number of aromatic nitrogens is 2. The number of fused-ring (bicyclic) bond motifs is 1. The zero-order valence-corrected chi connectivity index (χ0v) is 8.57. The second kappa shape index (κ2) is 3.10. The van der Waals surface area contributed by atoms with E-state index in [1.54, 1.807) is 0 Å². The molecule has 0 fully saturated rings. The van der Waals surface area contributed by atoms with Crippen molar-refractivity contribution >= 4 is 5.52 Å². The smallest absolute Gasteiger partial charge is 0.115 e. The van der Waals surface area contributed by atoms with Crippen molar-refractivity contribution in [1.82, 2.24) is 9.38 Å². The number of pyridine rings is 1. The molecule has 2 aromatic heterocycles. The number of hydrogen-bond donors (Lipinski definition) is 1. The highest BCUT2D eigenvalue weighted by Gasteiger charge is 2.14. The Kier molecular flexibility index (Phi) is 2.04. The fourth-order valence-electron chi connectivity index (χ4n) is 1.54. The molecule has 2 rings (SSSR count). The fourth-order valence-corrected chi connectivity index (χ4v) is 1.54. The first kappa shape index (κ1) is 9.21. The molecule has 0 unspecified atom stereocenters. The van der Waals surface area contributed by atoms with Gasteiger partial charge in [-0.3, -0.25) is 0 Å². The van der Waals surface area contributed by atoms with Crippen molar-refractivity contribution in [2.45, 2.75) is 25.8 Å². The van der Waals surface area contributed by atoms with Gasteiger partial charge in [-0.2, -0.15) is 0 Å². The minimum atomic E-state index is -0.211. The molecule has 0 aromatic carbocycles. The molecule has 3 nitrogen and oxygen atoms in total. The molecule has 3 heteroatoms. The van der Waals surface area contributed by atoms with Crippen molar-refractivity contribution in [2.75, 3.05) is 0 Å². The lowest BCUT2D eigenvalue weighted by atomic mass is 10.0. The fraction of sp³-hybridized carbons (Fsp3) is 0.364. The van der Waals surface area contributed by atoms with Gasteiger partial charge in [-0.05, 0) is 26.0 Å². The molecule has 0 aliphatic heterocycles. The second-order valence-corrected chi connectivity index (χ2v) is 4.34. The number of hydrogen-bond acceptors (Lipinski definition) is 2. The van der Waals surface area contributed by atoms with Crippen molar-refractivity contribution in [3.05, 3.63) is 36.4 Å². The molecule has 0 amide bonds. The molecular weight excluding hydrogens is 174 g/mol. The van der Waals surface area contributed by atoms with E-state index < -0.39 is 0 Å². The molecular formula is C11H15N3. The highest BCUT2D eigenvalue weighted by molar-refractivity contribution is 5.45. The Morgan fingerprint density at radius 1 is 1.43 bits per heavy atom. The third-order valence-electron chi connectivity index (χ3n) is 2.13. The topological polar surface area (TPSA) is 43.3 Å². The van der Waals surface area contributed by atoms with Gasteiger partial charge in [-0.15, -0.1) is 0 Å². The molecule has 0 radical (unpaired) electrons. The Morgan fingerprint density at radius 3 is 2.93 bits per heavy atom. The van der Waals surface area contributed by atoms with Gasteiger partial charge in [0.1, 0.15) is 5.82 Å². The predicted octanol–water partition coefficient (Wildman–Crippen LogP) is 1.61. The van der Waals surface area contributed by atoms with Gasteiger partial charge in [0, 0.05) is 18.2 Å². The maximum absolute atomic E-state index is 5.96. The summed E-state index contributed by atoms with van der Waals surface area (Å²) >= 11 is 0. The summed E-state index contributed by atoms with van der Waals surface area (Å²) in [7, 11) is 0. The van der Waals surface area contributed by atoms with Crippen LogP contribution in [-0.4, -0.2) is 14.9 Å². The highest BCUT2D eigenvalue weighted by atomic mass is 15.0. The van der Waals surface area contributed by atoms with Crippen molar-refractivity contribution in [2.24, 2.45) is 5.73 Å². The molecule has 0 spiro atoms. The first-order chi connectivity index (χ1) is 6.56. The van der Waals surface area contributed by atoms with Crippen LogP contribution in [-0.2, 0) is 6.42 Å². The van der Waals surface area contributed by atoms with E-state index in [0.717, 1.165) is 17.8 Å². The van der Waals surface area contributed by atoms with E-state index in [1.807, 2.05) is 44.4 Å². The zero-order valence-electron chi connectivity index (χ0n) is 8.57. The predicted molar refractivity (Wildman–Crippen MR) is 57.2 cm³/mol. The number of nitrogens with zero attached hydrogens (tertiary/aromatic N) is 2. The van der Waals surface area contributed by atoms with E-state index in [4.69, 9.17) is 5.73 Å². The summed E-state index contributed by atoms with van der Waals surface area (Å²) in [6.07, 6.45) is 4.68. The van der Waals surface area contributed by atoms with E-state index in [2.05, 4.69) is 9.38 Å². The van der Waals surface area contributed by atoms with Crippen LogP contribution in [0.5, 0.6) is 0 Å². The van der Waals surface area contributed by atoms with Gasteiger partial charge >= 0.3 is 0 Å². The number of imidazole rings is 1. The molecule has 0 saturated carbocycles. The highest BCUT2D eigenvalue weighted by Crippen LogP contribution is 2.11. The summed E-state index contributed by atoms with van der Waals surface area (Å²) in [5.74, 6) is 1.02. The Morgan fingerprint density at radius 2 is 2.21 bits per heavy atom. The van der Waals surface area contributed by atoms with Crippen LogP contribution in [0.25, 0.3) is 5.52 Å². The Bertz CT molecular complexity index is 437. The van der Waals surface area contributed by atoms with Crippen LogP contribution in [0.3, 0.4) is 0 Å². The minimum Gasteiger partial charge on any atom is -0.325 e. The maximum atomic E-state index is 5.96. The van der Waals surface area contributed by atoms with Gasteiger partial charge in [-0.1, -0.05) is 6.07 Å². The Hall–Kier alpha value is -1.35. The van der Waals surface area contributed by atoms with Crippen LogP contribution in [0.2, 0.25) is 0 Å². The lowest BCUT2D eigenvalue weighted by Gasteiger charge is -2.16. The van der Waals surface area contributed by atoms with E-state index in [1.165, 1.54) is 0 Å². The summed E-state index contributed by atoms with van der Waals surface area (Å²) in [4.78, 5) is 4.36. The van der Waals surface area contributed by atoms with E-state index in [9.17, 15) is 0 Å². The standard InChI is InChI=1S/C11H15N3/c1-11(2,12)7-10-13-8-9-5-3-4-6-14(9)10/h3-6,8H,7,12H2,1-2H3. The van der Waals surface area contributed by atoms with Crippen LogP contribution in [0.1, 0.15) is 19.7 Å². The monoisotopic (exact) mass is 189 g/mol. The molecule has 14 heavy (non-hydrogen) atoms. The molecule has 0 aliphatic carbocycles. The van der Waals surface area contributed by atoms with Gasteiger partial charge in [0.15, 0.2) is 0 Å². The largest absolute Gasteiger partial charge is 0.325 e. The molecule has 2 N–H and O–H groups in total. The van der Waals surface area contributed by atoms with Gasteiger partial charge in [0.05, 0.1) is 11.7 Å². The first-order valence-electron chi connectivity index (χ1n) is 4.76. The maximum Gasteiger partial charge on any atom is 0.115 e. The van der Waals surface area contributed by atoms with Crippen molar-refractivity contribution < 1.29 is 0 Å². The van der Waals surface area contributed by atoms with Crippen LogP contribution >= 0.6 is 0 Å². The molecule has 0 bridgehead atoms. The van der Waals surface area contributed by atoms with Crippen LogP contribution in [0.4, 0.5) is 0 Å².